The molecule has 3 aromatic rings. The van der Waals surface area contributed by atoms with Crippen LogP contribution in [0.3, 0.4) is 0 Å². The molecule has 1 fully saturated rings. The van der Waals surface area contributed by atoms with E-state index in [1.807, 2.05) is 6.07 Å². The van der Waals surface area contributed by atoms with E-state index in [4.69, 9.17) is 21.1 Å². The summed E-state index contributed by atoms with van der Waals surface area (Å²) in [5.41, 5.74) is 0.577. The van der Waals surface area contributed by atoms with Gasteiger partial charge in [0.25, 0.3) is 0 Å². The highest BCUT2D eigenvalue weighted by molar-refractivity contribution is 7.89. The summed E-state index contributed by atoms with van der Waals surface area (Å²) in [6.07, 6.45) is 1.14. The summed E-state index contributed by atoms with van der Waals surface area (Å²) < 4.78 is 38.4. The lowest BCUT2D eigenvalue weighted by atomic mass is 9.98. The summed E-state index contributed by atoms with van der Waals surface area (Å²) in [6.45, 7) is 0.401. The molecule has 1 aliphatic heterocycles. The molecule has 0 saturated carbocycles. The SMILES string of the molecule is COC(=O)c1cc2cc(NC(=O)C3CCCN(S(=O)(=O)c4ccc(OC)c(Cl)c4)C3)ccc2s1. The van der Waals surface area contributed by atoms with Crippen LogP contribution < -0.4 is 10.1 Å². The maximum atomic E-state index is 13.2. The molecule has 1 unspecified atom stereocenters. The van der Waals surface area contributed by atoms with Gasteiger partial charge in [-0.25, -0.2) is 13.2 Å². The van der Waals surface area contributed by atoms with Gasteiger partial charge in [-0.3, -0.25) is 4.79 Å². The van der Waals surface area contributed by atoms with E-state index < -0.39 is 21.9 Å². The van der Waals surface area contributed by atoms with Gasteiger partial charge >= 0.3 is 5.97 Å². The Morgan fingerprint density at radius 2 is 1.94 bits per heavy atom. The average molecular weight is 523 g/mol. The van der Waals surface area contributed by atoms with Crippen LogP contribution in [-0.4, -0.2) is 51.9 Å². The molecule has 1 aliphatic rings. The molecule has 11 heteroatoms. The highest BCUT2D eigenvalue weighted by Crippen LogP contribution is 2.31. The van der Waals surface area contributed by atoms with Gasteiger partial charge in [0.15, 0.2) is 0 Å². The molecule has 0 radical (unpaired) electrons. The second-order valence-corrected chi connectivity index (χ2v) is 11.3. The molecule has 1 aromatic heterocycles. The molecule has 180 valence electrons. The topological polar surface area (TPSA) is 102 Å². The minimum absolute atomic E-state index is 0.0590. The zero-order chi connectivity index (χ0) is 24.5. The summed E-state index contributed by atoms with van der Waals surface area (Å²) in [6, 6.07) is 11.4. The lowest BCUT2D eigenvalue weighted by molar-refractivity contribution is -0.120. The number of ether oxygens (including phenoxy) is 2. The fraction of sp³-hybridized carbons (Fsp3) is 0.304. The second kappa shape index (κ2) is 9.91. The number of rotatable bonds is 6. The second-order valence-electron chi connectivity index (χ2n) is 7.84. The first kappa shape index (κ1) is 24.5. The van der Waals surface area contributed by atoms with Crippen molar-refractivity contribution in [3.63, 3.8) is 0 Å². The maximum absolute atomic E-state index is 13.2. The Morgan fingerprint density at radius 3 is 2.65 bits per heavy atom. The number of nitrogens with zero attached hydrogens (tertiary/aromatic N) is 1. The fourth-order valence-electron chi connectivity index (χ4n) is 3.90. The standard InChI is InChI=1S/C23H23ClN2O6S2/c1-31-19-7-6-17(12-18(19)24)34(29,30)26-9-3-4-14(13-26)22(27)25-16-5-8-20-15(10-16)11-21(33-20)23(28)32-2/h5-8,10-12,14H,3-4,9,13H2,1-2H3,(H,25,27). The third-order valence-electron chi connectivity index (χ3n) is 5.69. The Kier molecular flexibility index (Phi) is 7.13. The predicted octanol–water partition coefficient (Wildman–Crippen LogP) is 4.39. The number of fused-ring (bicyclic) bond motifs is 1. The third-order valence-corrected chi connectivity index (χ3v) is 8.94. The van der Waals surface area contributed by atoms with Gasteiger partial charge in [-0.05, 0) is 60.7 Å². The molecule has 34 heavy (non-hydrogen) atoms. The quantitative estimate of drug-likeness (QED) is 0.482. The number of sulfonamides is 1. The van der Waals surface area contributed by atoms with Gasteiger partial charge < -0.3 is 14.8 Å². The van der Waals surface area contributed by atoms with Gasteiger partial charge in [-0.2, -0.15) is 4.31 Å². The Labute approximate surface area is 206 Å². The Balaban J connectivity index is 1.48. The van der Waals surface area contributed by atoms with Gasteiger partial charge in [-0.1, -0.05) is 11.6 Å². The molecule has 1 atom stereocenters. The van der Waals surface area contributed by atoms with Gasteiger partial charge in [-0.15, -0.1) is 11.3 Å². The van der Waals surface area contributed by atoms with Crippen molar-refractivity contribution in [1.82, 2.24) is 4.31 Å². The van der Waals surface area contributed by atoms with E-state index in [0.717, 1.165) is 10.1 Å². The summed E-state index contributed by atoms with van der Waals surface area (Å²) in [5.74, 6) is -0.775. The van der Waals surface area contributed by atoms with Crippen molar-refractivity contribution in [3.8, 4) is 5.75 Å². The van der Waals surface area contributed by atoms with E-state index >= 15 is 0 Å². The van der Waals surface area contributed by atoms with Gasteiger partial charge in [0, 0.05) is 23.5 Å². The number of hydrogen-bond donors (Lipinski definition) is 1. The molecular formula is C23H23ClN2O6S2. The van der Waals surface area contributed by atoms with Crippen LogP contribution in [-0.2, 0) is 19.6 Å². The first-order chi connectivity index (χ1) is 16.2. The summed E-state index contributed by atoms with van der Waals surface area (Å²) in [7, 11) is -1.03. The van der Waals surface area contributed by atoms with Gasteiger partial charge in [0.05, 0.1) is 30.1 Å². The summed E-state index contributed by atoms with van der Waals surface area (Å²) in [5, 5.41) is 3.90. The molecule has 0 spiro atoms. The van der Waals surface area contributed by atoms with E-state index in [-0.39, 0.29) is 22.4 Å². The van der Waals surface area contributed by atoms with Crippen LogP contribution in [0.2, 0.25) is 5.02 Å². The van der Waals surface area contributed by atoms with Crippen LogP contribution >= 0.6 is 22.9 Å². The van der Waals surface area contributed by atoms with Gasteiger partial charge in [0.1, 0.15) is 10.6 Å². The molecule has 0 bridgehead atoms. The van der Waals surface area contributed by atoms with Crippen molar-refractivity contribution >= 4 is 60.6 Å². The van der Waals surface area contributed by atoms with E-state index in [0.29, 0.717) is 35.7 Å². The van der Waals surface area contributed by atoms with Crippen LogP contribution in [0, 0.1) is 5.92 Å². The third kappa shape index (κ3) is 4.90. The number of halogens is 1. The van der Waals surface area contributed by atoms with Crippen molar-refractivity contribution in [2.45, 2.75) is 17.7 Å². The predicted molar refractivity (Wildman–Crippen MR) is 131 cm³/mol. The highest BCUT2D eigenvalue weighted by Gasteiger charge is 2.33. The normalized spacial score (nSPS) is 16.9. The number of anilines is 1. The van der Waals surface area contributed by atoms with E-state index in [2.05, 4.69) is 5.32 Å². The molecule has 2 aromatic carbocycles. The number of benzene rings is 2. The van der Waals surface area contributed by atoms with Gasteiger partial charge in [0.2, 0.25) is 15.9 Å². The zero-order valence-corrected chi connectivity index (χ0v) is 20.9. The molecule has 4 rings (SSSR count). The van der Waals surface area contributed by atoms with Crippen LogP contribution in [0.15, 0.2) is 47.4 Å². The first-order valence-electron chi connectivity index (χ1n) is 10.5. The molecular weight excluding hydrogens is 500 g/mol. The maximum Gasteiger partial charge on any atom is 0.348 e. The number of esters is 1. The fourth-order valence-corrected chi connectivity index (χ4v) is 6.73. The molecule has 1 N–H and O–H groups in total. The van der Waals surface area contributed by atoms with Crippen molar-refractivity contribution in [1.29, 1.82) is 0 Å². The van der Waals surface area contributed by atoms with E-state index in [1.165, 1.54) is 48.1 Å². The van der Waals surface area contributed by atoms with E-state index in [1.54, 1.807) is 18.2 Å². The number of nitrogens with one attached hydrogen (secondary N) is 1. The Morgan fingerprint density at radius 1 is 1.15 bits per heavy atom. The number of piperidine rings is 1. The minimum Gasteiger partial charge on any atom is -0.495 e. The Hall–Kier alpha value is -2.66. The van der Waals surface area contributed by atoms with Crippen molar-refractivity contribution < 1.29 is 27.5 Å². The summed E-state index contributed by atoms with van der Waals surface area (Å²) >= 11 is 7.43. The molecule has 1 saturated heterocycles. The van der Waals surface area contributed by atoms with Crippen LogP contribution in [0.4, 0.5) is 5.69 Å². The molecule has 8 nitrogen and oxygen atoms in total. The largest absolute Gasteiger partial charge is 0.495 e. The monoisotopic (exact) mass is 522 g/mol. The van der Waals surface area contributed by atoms with E-state index in [9.17, 15) is 18.0 Å². The molecule has 2 heterocycles. The van der Waals surface area contributed by atoms with Crippen molar-refractivity contribution in [3.05, 3.63) is 52.4 Å². The number of carbonyl (C=O) groups excluding carboxylic acids is 2. The average Bonchev–Trinajstić information content (AvgIpc) is 3.27. The minimum atomic E-state index is -3.81. The smallest absolute Gasteiger partial charge is 0.348 e. The van der Waals surface area contributed by atoms with Crippen molar-refractivity contribution in [2.75, 3.05) is 32.6 Å². The zero-order valence-electron chi connectivity index (χ0n) is 18.5. The van der Waals surface area contributed by atoms with Crippen molar-refractivity contribution in [2.24, 2.45) is 5.92 Å². The summed E-state index contributed by atoms with van der Waals surface area (Å²) in [4.78, 5) is 25.3. The highest BCUT2D eigenvalue weighted by atomic mass is 35.5. The number of carbonyl (C=O) groups is 2. The number of hydrogen-bond acceptors (Lipinski definition) is 7. The first-order valence-corrected chi connectivity index (χ1v) is 13.1. The number of amides is 1. The van der Waals surface area contributed by atoms with Crippen LogP contribution in [0.25, 0.3) is 10.1 Å². The van der Waals surface area contributed by atoms with Crippen LogP contribution in [0.1, 0.15) is 22.5 Å². The lowest BCUT2D eigenvalue weighted by Crippen LogP contribution is -2.43. The number of methoxy groups -OCH3 is 2. The molecule has 1 amide bonds. The number of thiophene rings is 1. The lowest BCUT2D eigenvalue weighted by Gasteiger charge is -2.31. The Bertz CT molecular complexity index is 1350. The molecule has 0 aliphatic carbocycles. The van der Waals surface area contributed by atoms with Crippen LogP contribution in [0.5, 0.6) is 5.75 Å².